The molecule has 4 heterocycles. The minimum atomic E-state index is 0.537. The molecule has 2 aromatic heterocycles. The monoisotopic (exact) mass is 281 g/mol. The molecule has 0 radical (unpaired) electrons. The molecule has 0 saturated carbocycles. The first-order chi connectivity index (χ1) is 10.4. The second-order valence-corrected chi connectivity index (χ2v) is 5.76. The maximum Gasteiger partial charge on any atom is 0.238 e. The van der Waals surface area contributed by atoms with E-state index in [1.807, 2.05) is 24.3 Å². The SMILES string of the molecule is c1ccc2c(c1)oc1cnc(NN3CC4CC3CN4)nc12. The normalized spacial score (nSPS) is 25.1. The molecule has 2 fully saturated rings. The minimum Gasteiger partial charge on any atom is -0.453 e. The van der Waals surface area contributed by atoms with E-state index in [4.69, 9.17) is 4.42 Å². The number of rotatable bonds is 2. The van der Waals surface area contributed by atoms with Crippen LogP contribution in [0.3, 0.4) is 0 Å². The van der Waals surface area contributed by atoms with Crippen molar-refractivity contribution in [2.24, 2.45) is 0 Å². The summed E-state index contributed by atoms with van der Waals surface area (Å²) in [6, 6.07) is 9.08. The summed E-state index contributed by atoms with van der Waals surface area (Å²) in [5.74, 6) is 0.640. The minimum absolute atomic E-state index is 0.537. The summed E-state index contributed by atoms with van der Waals surface area (Å²) in [4.78, 5) is 9.00. The van der Waals surface area contributed by atoms with Crippen molar-refractivity contribution in [2.45, 2.75) is 18.5 Å². The number of aromatic nitrogens is 2. The van der Waals surface area contributed by atoms with Crippen LogP contribution in [0.5, 0.6) is 0 Å². The van der Waals surface area contributed by atoms with Crippen molar-refractivity contribution >= 4 is 28.0 Å². The lowest BCUT2D eigenvalue weighted by Crippen LogP contribution is -2.46. The van der Waals surface area contributed by atoms with Gasteiger partial charge in [-0.1, -0.05) is 12.1 Å². The van der Waals surface area contributed by atoms with E-state index in [1.165, 1.54) is 6.42 Å². The highest BCUT2D eigenvalue weighted by Gasteiger charge is 2.38. The third kappa shape index (κ3) is 1.73. The molecule has 2 bridgehead atoms. The Morgan fingerprint density at radius 3 is 3.10 bits per heavy atom. The number of hydrazine groups is 1. The quantitative estimate of drug-likeness (QED) is 0.746. The van der Waals surface area contributed by atoms with Crippen molar-refractivity contribution in [3.05, 3.63) is 30.5 Å². The van der Waals surface area contributed by atoms with Gasteiger partial charge < -0.3 is 9.73 Å². The Kier molecular flexibility index (Phi) is 2.27. The van der Waals surface area contributed by atoms with E-state index < -0.39 is 0 Å². The van der Waals surface area contributed by atoms with Crippen LogP contribution >= 0.6 is 0 Å². The second-order valence-electron chi connectivity index (χ2n) is 5.76. The van der Waals surface area contributed by atoms with Crippen molar-refractivity contribution in [3.8, 4) is 0 Å². The molecule has 0 spiro atoms. The van der Waals surface area contributed by atoms with Gasteiger partial charge in [0.1, 0.15) is 11.1 Å². The molecule has 1 aromatic carbocycles. The maximum absolute atomic E-state index is 5.75. The van der Waals surface area contributed by atoms with Crippen molar-refractivity contribution in [2.75, 3.05) is 18.5 Å². The van der Waals surface area contributed by atoms with Gasteiger partial charge in [0.25, 0.3) is 0 Å². The van der Waals surface area contributed by atoms with Gasteiger partial charge in [-0.25, -0.2) is 15.0 Å². The van der Waals surface area contributed by atoms with E-state index >= 15 is 0 Å². The molecule has 6 nitrogen and oxygen atoms in total. The van der Waals surface area contributed by atoms with Crippen molar-refractivity contribution in [3.63, 3.8) is 0 Å². The van der Waals surface area contributed by atoms with Gasteiger partial charge in [-0.05, 0) is 18.6 Å². The summed E-state index contributed by atoms with van der Waals surface area (Å²) in [5.41, 5.74) is 5.79. The van der Waals surface area contributed by atoms with Gasteiger partial charge in [0.2, 0.25) is 5.95 Å². The predicted octanol–water partition coefficient (Wildman–Crippen LogP) is 1.75. The number of furan rings is 1. The fraction of sp³-hybridized carbons (Fsp3) is 0.333. The Labute approximate surface area is 121 Å². The fourth-order valence-electron chi connectivity index (χ4n) is 3.39. The molecule has 2 N–H and O–H groups in total. The largest absolute Gasteiger partial charge is 0.453 e. The third-order valence-corrected chi connectivity index (χ3v) is 4.42. The van der Waals surface area contributed by atoms with Gasteiger partial charge in [-0.2, -0.15) is 0 Å². The third-order valence-electron chi connectivity index (χ3n) is 4.42. The lowest BCUT2D eigenvalue weighted by atomic mass is 10.2. The molecule has 2 atom stereocenters. The van der Waals surface area contributed by atoms with Crippen LogP contribution in [0.25, 0.3) is 22.1 Å². The van der Waals surface area contributed by atoms with Crippen LogP contribution in [-0.2, 0) is 0 Å². The van der Waals surface area contributed by atoms with Gasteiger partial charge >= 0.3 is 0 Å². The Bertz CT molecular complexity index is 829. The van der Waals surface area contributed by atoms with E-state index in [2.05, 4.69) is 25.7 Å². The maximum atomic E-state index is 5.75. The van der Waals surface area contributed by atoms with Crippen molar-refractivity contribution < 1.29 is 4.42 Å². The molecule has 0 aliphatic carbocycles. The van der Waals surface area contributed by atoms with Gasteiger partial charge in [0.05, 0.1) is 6.20 Å². The van der Waals surface area contributed by atoms with Crippen molar-refractivity contribution in [1.82, 2.24) is 20.3 Å². The lowest BCUT2D eigenvalue weighted by Gasteiger charge is -2.27. The van der Waals surface area contributed by atoms with Crippen LogP contribution in [0.1, 0.15) is 6.42 Å². The van der Waals surface area contributed by atoms with Crippen LogP contribution in [0.2, 0.25) is 0 Å². The summed E-state index contributed by atoms with van der Waals surface area (Å²) in [5, 5.41) is 6.75. The molecule has 2 aliphatic rings. The summed E-state index contributed by atoms with van der Waals surface area (Å²) < 4.78 is 5.75. The van der Waals surface area contributed by atoms with E-state index in [9.17, 15) is 0 Å². The zero-order chi connectivity index (χ0) is 13.8. The van der Waals surface area contributed by atoms with Crippen LogP contribution in [-0.4, -0.2) is 40.2 Å². The molecule has 2 saturated heterocycles. The zero-order valence-corrected chi connectivity index (χ0v) is 11.4. The van der Waals surface area contributed by atoms with E-state index in [1.54, 1.807) is 6.20 Å². The number of hydrogen-bond donors (Lipinski definition) is 2. The number of benzene rings is 1. The summed E-state index contributed by atoms with van der Waals surface area (Å²) in [6.07, 6.45) is 2.95. The van der Waals surface area contributed by atoms with Crippen molar-refractivity contribution in [1.29, 1.82) is 0 Å². The lowest BCUT2D eigenvalue weighted by molar-refractivity contribution is 0.270. The molecule has 6 heteroatoms. The number of fused-ring (bicyclic) bond motifs is 5. The number of nitrogens with one attached hydrogen (secondary N) is 2. The first kappa shape index (κ1) is 11.5. The Balaban J connectivity index is 1.53. The average molecular weight is 281 g/mol. The van der Waals surface area contributed by atoms with E-state index in [-0.39, 0.29) is 0 Å². The number of piperazine rings is 1. The summed E-state index contributed by atoms with van der Waals surface area (Å²) in [6.45, 7) is 2.03. The van der Waals surface area contributed by atoms with Crippen LogP contribution in [0.4, 0.5) is 5.95 Å². The zero-order valence-electron chi connectivity index (χ0n) is 11.4. The Morgan fingerprint density at radius 1 is 1.29 bits per heavy atom. The molecule has 106 valence electrons. The summed E-state index contributed by atoms with van der Waals surface area (Å²) >= 11 is 0. The average Bonchev–Trinajstić information content (AvgIpc) is 3.20. The molecule has 2 unspecified atom stereocenters. The van der Waals surface area contributed by atoms with Crippen LogP contribution in [0.15, 0.2) is 34.9 Å². The first-order valence-corrected chi connectivity index (χ1v) is 7.28. The summed E-state index contributed by atoms with van der Waals surface area (Å²) in [7, 11) is 0. The van der Waals surface area contributed by atoms with E-state index in [0.29, 0.717) is 18.0 Å². The van der Waals surface area contributed by atoms with Gasteiger partial charge in [-0.15, -0.1) is 0 Å². The molecule has 5 rings (SSSR count). The highest BCUT2D eigenvalue weighted by molar-refractivity contribution is 6.02. The smallest absolute Gasteiger partial charge is 0.238 e. The molecular weight excluding hydrogens is 266 g/mol. The molecule has 21 heavy (non-hydrogen) atoms. The fourth-order valence-corrected chi connectivity index (χ4v) is 3.39. The Morgan fingerprint density at radius 2 is 2.24 bits per heavy atom. The highest BCUT2D eigenvalue weighted by Crippen LogP contribution is 2.28. The standard InChI is InChI=1S/C15H15N5O/c1-2-4-12-11(3-1)14-13(21-12)7-17-15(18-14)19-20-8-9-5-10(20)6-16-9/h1-4,7,9-10,16H,5-6,8H2,(H,17,18,19). The van der Waals surface area contributed by atoms with Gasteiger partial charge in [0.15, 0.2) is 5.58 Å². The number of nitrogens with zero attached hydrogens (tertiary/aromatic N) is 3. The molecule has 0 amide bonds. The van der Waals surface area contributed by atoms with Gasteiger partial charge in [0, 0.05) is 30.6 Å². The Hall–Kier alpha value is -2.18. The number of hydrogen-bond acceptors (Lipinski definition) is 6. The van der Waals surface area contributed by atoms with E-state index in [0.717, 1.165) is 35.2 Å². The molecule has 2 aliphatic heterocycles. The van der Waals surface area contributed by atoms with Crippen LogP contribution in [0, 0.1) is 0 Å². The molecule has 3 aromatic rings. The molecular formula is C15H15N5O. The second kappa shape index (κ2) is 4.16. The number of anilines is 1. The first-order valence-electron chi connectivity index (χ1n) is 7.28. The van der Waals surface area contributed by atoms with Gasteiger partial charge in [-0.3, -0.25) is 5.43 Å². The highest BCUT2D eigenvalue weighted by atomic mass is 16.3. The topological polar surface area (TPSA) is 66.2 Å². The van der Waals surface area contributed by atoms with Crippen LogP contribution < -0.4 is 10.7 Å². The number of para-hydroxylation sites is 1. The predicted molar refractivity (Wildman–Crippen MR) is 79.8 cm³/mol.